The summed E-state index contributed by atoms with van der Waals surface area (Å²) in [5, 5.41) is 20.3. The zero-order valence-corrected chi connectivity index (χ0v) is 15.4. The van der Waals surface area contributed by atoms with Crippen LogP contribution in [0, 0.1) is 10.1 Å². The molecular formula is C18H18N4O3S. The topological polar surface area (TPSA) is 83.1 Å². The van der Waals surface area contributed by atoms with Crippen molar-refractivity contribution in [3.63, 3.8) is 0 Å². The Morgan fingerprint density at radius 1 is 1.19 bits per heavy atom. The number of thioether (sulfide) groups is 1. The normalized spacial score (nSPS) is 12.0. The van der Waals surface area contributed by atoms with E-state index < -0.39 is 0 Å². The fourth-order valence-electron chi connectivity index (χ4n) is 2.60. The van der Waals surface area contributed by atoms with Gasteiger partial charge < -0.3 is 9.30 Å². The monoisotopic (exact) mass is 370 g/mol. The van der Waals surface area contributed by atoms with E-state index in [1.54, 1.807) is 19.2 Å². The Morgan fingerprint density at radius 3 is 2.69 bits per heavy atom. The van der Waals surface area contributed by atoms with E-state index in [0.717, 1.165) is 22.0 Å². The molecule has 0 amide bonds. The molecular weight excluding hydrogens is 352 g/mol. The van der Waals surface area contributed by atoms with E-state index in [1.807, 2.05) is 48.9 Å². The van der Waals surface area contributed by atoms with Gasteiger partial charge in [0.2, 0.25) is 0 Å². The van der Waals surface area contributed by atoms with Crippen LogP contribution in [0.4, 0.5) is 5.69 Å². The van der Waals surface area contributed by atoms with Crippen molar-refractivity contribution in [2.75, 3.05) is 7.11 Å². The lowest BCUT2D eigenvalue weighted by Crippen LogP contribution is -1.98. The second-order valence-corrected chi connectivity index (χ2v) is 6.99. The van der Waals surface area contributed by atoms with Crippen LogP contribution in [-0.2, 0) is 7.05 Å². The van der Waals surface area contributed by atoms with Gasteiger partial charge >= 0.3 is 0 Å². The van der Waals surface area contributed by atoms with Gasteiger partial charge in [0.1, 0.15) is 5.75 Å². The number of aromatic nitrogens is 3. The summed E-state index contributed by atoms with van der Waals surface area (Å²) in [6.45, 7) is 1.99. The van der Waals surface area contributed by atoms with E-state index in [0.29, 0.717) is 5.82 Å². The van der Waals surface area contributed by atoms with Crippen molar-refractivity contribution in [3.8, 4) is 17.1 Å². The average molecular weight is 370 g/mol. The SMILES string of the molecule is COc1ccccc1-c1nnc(S[C@H](C)c2cccc([N+](=O)[O-])c2)n1C. The summed E-state index contributed by atoms with van der Waals surface area (Å²) in [5.41, 5.74) is 1.81. The van der Waals surface area contributed by atoms with Gasteiger partial charge in [-0.25, -0.2) is 0 Å². The summed E-state index contributed by atoms with van der Waals surface area (Å²) >= 11 is 1.50. The molecule has 0 spiro atoms. The van der Waals surface area contributed by atoms with Crippen molar-refractivity contribution in [3.05, 3.63) is 64.2 Å². The van der Waals surface area contributed by atoms with E-state index in [1.165, 1.54) is 17.8 Å². The lowest BCUT2D eigenvalue weighted by atomic mass is 10.1. The Morgan fingerprint density at radius 2 is 1.96 bits per heavy atom. The first kappa shape index (κ1) is 17.9. The number of rotatable bonds is 6. The molecule has 0 bridgehead atoms. The van der Waals surface area contributed by atoms with Crippen molar-refractivity contribution < 1.29 is 9.66 Å². The summed E-state index contributed by atoms with van der Waals surface area (Å²) in [7, 11) is 3.51. The third-order valence-corrected chi connectivity index (χ3v) is 5.21. The number of benzene rings is 2. The highest BCUT2D eigenvalue weighted by Gasteiger charge is 2.18. The zero-order valence-electron chi connectivity index (χ0n) is 14.6. The maximum atomic E-state index is 11.0. The van der Waals surface area contributed by atoms with Crippen molar-refractivity contribution in [1.82, 2.24) is 14.8 Å². The van der Waals surface area contributed by atoms with Gasteiger partial charge in [-0.2, -0.15) is 0 Å². The highest BCUT2D eigenvalue weighted by molar-refractivity contribution is 7.99. The molecule has 26 heavy (non-hydrogen) atoms. The highest BCUT2D eigenvalue weighted by Crippen LogP contribution is 2.37. The maximum Gasteiger partial charge on any atom is 0.269 e. The third kappa shape index (κ3) is 3.55. The third-order valence-electron chi connectivity index (χ3n) is 4.02. The first-order valence-corrected chi connectivity index (χ1v) is 8.83. The minimum atomic E-state index is -0.386. The van der Waals surface area contributed by atoms with E-state index in [2.05, 4.69) is 10.2 Å². The molecule has 8 heteroatoms. The minimum Gasteiger partial charge on any atom is -0.496 e. The van der Waals surface area contributed by atoms with Crippen LogP contribution < -0.4 is 4.74 Å². The van der Waals surface area contributed by atoms with Crippen molar-refractivity contribution in [2.24, 2.45) is 7.05 Å². The molecule has 1 atom stereocenters. The van der Waals surface area contributed by atoms with Crippen molar-refractivity contribution in [1.29, 1.82) is 0 Å². The molecule has 0 radical (unpaired) electrons. The van der Waals surface area contributed by atoms with Gasteiger partial charge in [0, 0.05) is 24.4 Å². The standard InChI is InChI=1S/C18H18N4O3S/c1-12(13-7-6-8-14(11-13)22(23)24)26-18-20-19-17(21(18)2)15-9-4-5-10-16(15)25-3/h4-12H,1-3H3/t12-/m1/s1. The number of nitro benzene ring substituents is 1. The molecule has 0 saturated carbocycles. The van der Waals surface area contributed by atoms with Crippen LogP contribution >= 0.6 is 11.8 Å². The quantitative estimate of drug-likeness (QED) is 0.366. The second kappa shape index (κ2) is 7.57. The van der Waals surface area contributed by atoms with Gasteiger partial charge in [0.05, 0.1) is 17.6 Å². The molecule has 0 fully saturated rings. The second-order valence-electron chi connectivity index (χ2n) is 5.68. The smallest absolute Gasteiger partial charge is 0.269 e. The van der Waals surface area contributed by atoms with Crippen LogP contribution in [0.2, 0.25) is 0 Å². The van der Waals surface area contributed by atoms with Crippen molar-refractivity contribution >= 4 is 17.4 Å². The molecule has 0 saturated heterocycles. The Balaban J connectivity index is 1.87. The zero-order chi connectivity index (χ0) is 18.7. The summed E-state index contributed by atoms with van der Waals surface area (Å²) in [5.74, 6) is 1.43. The van der Waals surface area contributed by atoms with Gasteiger partial charge in [-0.3, -0.25) is 10.1 Å². The van der Waals surface area contributed by atoms with Gasteiger partial charge in [-0.15, -0.1) is 10.2 Å². The van der Waals surface area contributed by atoms with Gasteiger partial charge in [0.15, 0.2) is 11.0 Å². The number of ether oxygens (including phenoxy) is 1. The summed E-state index contributed by atoms with van der Waals surface area (Å²) in [4.78, 5) is 10.6. The summed E-state index contributed by atoms with van der Waals surface area (Å²) < 4.78 is 7.30. The first-order chi connectivity index (χ1) is 12.5. The van der Waals surface area contributed by atoms with Crippen LogP contribution in [0.3, 0.4) is 0 Å². The molecule has 0 aliphatic carbocycles. The number of para-hydroxylation sites is 1. The molecule has 0 aliphatic heterocycles. The summed E-state index contributed by atoms with van der Waals surface area (Å²) in [6, 6.07) is 14.3. The first-order valence-electron chi connectivity index (χ1n) is 7.95. The van der Waals surface area contributed by atoms with Crippen LogP contribution in [0.1, 0.15) is 17.7 Å². The molecule has 7 nitrogen and oxygen atoms in total. The lowest BCUT2D eigenvalue weighted by Gasteiger charge is -2.12. The Bertz CT molecular complexity index is 942. The minimum absolute atomic E-state index is 0.0108. The molecule has 0 N–H and O–H groups in total. The molecule has 134 valence electrons. The van der Waals surface area contributed by atoms with Gasteiger partial charge in [0.25, 0.3) is 5.69 Å². The van der Waals surface area contributed by atoms with E-state index in [-0.39, 0.29) is 15.9 Å². The van der Waals surface area contributed by atoms with Gasteiger partial charge in [-0.05, 0) is 24.6 Å². The molecule has 1 aromatic heterocycles. The molecule has 1 heterocycles. The summed E-state index contributed by atoms with van der Waals surface area (Å²) in [6.07, 6.45) is 0. The predicted octanol–water partition coefficient (Wildman–Crippen LogP) is 4.25. The largest absolute Gasteiger partial charge is 0.496 e. The number of non-ortho nitro benzene ring substituents is 1. The van der Waals surface area contributed by atoms with E-state index in [4.69, 9.17) is 4.74 Å². The maximum absolute atomic E-state index is 11.0. The Kier molecular flexibility index (Phi) is 5.22. The molecule has 0 aliphatic rings. The molecule has 3 rings (SSSR count). The van der Waals surface area contributed by atoms with Crippen LogP contribution in [-0.4, -0.2) is 26.8 Å². The number of hydrogen-bond acceptors (Lipinski definition) is 6. The number of hydrogen-bond donors (Lipinski definition) is 0. The van der Waals surface area contributed by atoms with Gasteiger partial charge in [-0.1, -0.05) is 36.0 Å². The molecule has 3 aromatic rings. The van der Waals surface area contributed by atoms with Crippen LogP contribution in [0.15, 0.2) is 53.7 Å². The fourth-order valence-corrected chi connectivity index (χ4v) is 3.53. The van der Waals surface area contributed by atoms with Crippen LogP contribution in [0.25, 0.3) is 11.4 Å². The Hall–Kier alpha value is -2.87. The van der Waals surface area contributed by atoms with E-state index in [9.17, 15) is 10.1 Å². The number of nitrogens with zero attached hydrogens (tertiary/aromatic N) is 4. The number of methoxy groups -OCH3 is 1. The Labute approximate surface area is 155 Å². The lowest BCUT2D eigenvalue weighted by molar-refractivity contribution is -0.384. The molecule has 0 unspecified atom stereocenters. The highest BCUT2D eigenvalue weighted by atomic mass is 32.2. The predicted molar refractivity (Wildman–Crippen MR) is 100 cm³/mol. The molecule has 2 aromatic carbocycles. The fraction of sp³-hybridized carbons (Fsp3) is 0.222. The van der Waals surface area contributed by atoms with Crippen molar-refractivity contribution in [2.45, 2.75) is 17.3 Å². The average Bonchev–Trinajstić information content (AvgIpc) is 3.02. The van der Waals surface area contributed by atoms with Crippen LogP contribution in [0.5, 0.6) is 5.75 Å². The number of nitro groups is 1. The van der Waals surface area contributed by atoms with E-state index >= 15 is 0 Å².